The van der Waals surface area contributed by atoms with Crippen molar-refractivity contribution in [3.05, 3.63) is 158 Å². The van der Waals surface area contributed by atoms with Crippen LogP contribution in [0, 0.1) is 0 Å². The first-order valence-electron chi connectivity index (χ1n) is 14.9. The second-order valence-electron chi connectivity index (χ2n) is 11.2. The van der Waals surface area contributed by atoms with E-state index in [-0.39, 0.29) is 0 Å². The van der Waals surface area contributed by atoms with Gasteiger partial charge in [0.05, 0.1) is 16.7 Å². The largest absolute Gasteiger partial charge is 0.309 e. The standard InChI is InChI=1S/C41H26N2S/c1-3-11-27(12-4-1)28-18-20-31(35(25-28)36-16-9-10-24-42-36)29-19-21-34-38(26-29)43(30-13-5-2-6-14-30)37-23-22-33-32-15-7-8-17-39(32)44-41(33)40(34)37/h1-26H. The minimum absolute atomic E-state index is 0.968. The topological polar surface area (TPSA) is 17.8 Å². The molecule has 0 N–H and O–H groups in total. The summed E-state index contributed by atoms with van der Waals surface area (Å²) in [7, 11) is 0. The number of para-hydroxylation sites is 1. The maximum atomic E-state index is 4.78. The highest BCUT2D eigenvalue weighted by Crippen LogP contribution is 2.44. The molecule has 0 bridgehead atoms. The number of nitrogens with zero attached hydrogens (tertiary/aromatic N) is 2. The average Bonchev–Trinajstić information content (AvgIpc) is 3.64. The normalized spacial score (nSPS) is 11.6. The summed E-state index contributed by atoms with van der Waals surface area (Å²) in [5.74, 6) is 0. The molecule has 9 rings (SSSR count). The molecule has 9 aromatic rings. The second-order valence-corrected chi connectivity index (χ2v) is 12.2. The lowest BCUT2D eigenvalue weighted by Gasteiger charge is -2.14. The number of pyridine rings is 1. The molecule has 0 amide bonds. The van der Waals surface area contributed by atoms with Gasteiger partial charge in [0.2, 0.25) is 0 Å². The zero-order chi connectivity index (χ0) is 29.0. The Morgan fingerprint density at radius 2 is 1.23 bits per heavy atom. The fraction of sp³-hybridized carbons (Fsp3) is 0. The predicted octanol–water partition coefficient (Wildman–Crippen LogP) is 11.5. The summed E-state index contributed by atoms with van der Waals surface area (Å²) in [6, 6.07) is 54.5. The van der Waals surface area contributed by atoms with E-state index in [2.05, 4.69) is 150 Å². The molecule has 0 spiro atoms. The molecule has 0 saturated carbocycles. The van der Waals surface area contributed by atoms with Gasteiger partial charge >= 0.3 is 0 Å². The summed E-state index contributed by atoms with van der Waals surface area (Å²) < 4.78 is 5.10. The fourth-order valence-electron chi connectivity index (χ4n) is 6.65. The molecule has 6 aromatic carbocycles. The Kier molecular flexibility index (Phi) is 5.71. The molecule has 0 aliphatic heterocycles. The van der Waals surface area contributed by atoms with Crippen LogP contribution in [0.3, 0.4) is 0 Å². The molecule has 2 nitrogen and oxygen atoms in total. The predicted molar refractivity (Wildman–Crippen MR) is 188 cm³/mol. The van der Waals surface area contributed by atoms with Crippen LogP contribution in [0.25, 0.3) is 81.2 Å². The second kappa shape index (κ2) is 10.0. The van der Waals surface area contributed by atoms with Gasteiger partial charge in [0.25, 0.3) is 0 Å². The first-order chi connectivity index (χ1) is 21.8. The fourth-order valence-corrected chi connectivity index (χ4v) is 7.90. The molecular formula is C41H26N2S. The van der Waals surface area contributed by atoms with Crippen molar-refractivity contribution in [2.45, 2.75) is 0 Å². The van der Waals surface area contributed by atoms with E-state index in [1.807, 2.05) is 23.6 Å². The molecule has 0 radical (unpaired) electrons. The van der Waals surface area contributed by atoms with Crippen molar-refractivity contribution in [3.63, 3.8) is 0 Å². The number of fused-ring (bicyclic) bond motifs is 7. The Bertz CT molecular complexity index is 2470. The summed E-state index contributed by atoms with van der Waals surface area (Å²) in [4.78, 5) is 4.78. The van der Waals surface area contributed by atoms with E-state index in [0.717, 1.165) is 16.9 Å². The van der Waals surface area contributed by atoms with E-state index in [4.69, 9.17) is 4.98 Å². The smallest absolute Gasteiger partial charge is 0.0708 e. The number of aromatic nitrogens is 2. The first kappa shape index (κ1) is 25.0. The van der Waals surface area contributed by atoms with Gasteiger partial charge in [-0.05, 0) is 70.8 Å². The Balaban J connectivity index is 1.34. The highest BCUT2D eigenvalue weighted by Gasteiger charge is 2.19. The Hall–Kier alpha value is -5.51. The van der Waals surface area contributed by atoms with Crippen molar-refractivity contribution in [2.75, 3.05) is 0 Å². The van der Waals surface area contributed by atoms with Gasteiger partial charge in [0, 0.05) is 48.4 Å². The van der Waals surface area contributed by atoms with Crippen LogP contribution in [0.15, 0.2) is 158 Å². The minimum atomic E-state index is 0.968. The van der Waals surface area contributed by atoms with Gasteiger partial charge in [-0.15, -0.1) is 11.3 Å². The molecule has 0 aliphatic rings. The molecule has 0 aliphatic carbocycles. The van der Waals surface area contributed by atoms with Crippen LogP contribution < -0.4 is 0 Å². The van der Waals surface area contributed by atoms with Crippen molar-refractivity contribution in [2.24, 2.45) is 0 Å². The monoisotopic (exact) mass is 578 g/mol. The van der Waals surface area contributed by atoms with Gasteiger partial charge in [-0.1, -0.05) is 103 Å². The van der Waals surface area contributed by atoms with Gasteiger partial charge in [-0.25, -0.2) is 0 Å². The van der Waals surface area contributed by atoms with Gasteiger partial charge in [0.1, 0.15) is 0 Å². The zero-order valence-electron chi connectivity index (χ0n) is 23.8. The molecule has 44 heavy (non-hydrogen) atoms. The number of benzene rings is 6. The summed E-state index contributed by atoms with van der Waals surface area (Å²) >= 11 is 1.89. The Morgan fingerprint density at radius 3 is 2.07 bits per heavy atom. The van der Waals surface area contributed by atoms with Crippen LogP contribution in [-0.2, 0) is 0 Å². The first-order valence-corrected chi connectivity index (χ1v) is 15.7. The maximum Gasteiger partial charge on any atom is 0.0708 e. The van der Waals surface area contributed by atoms with Crippen LogP contribution in [0.4, 0.5) is 0 Å². The summed E-state index contributed by atoms with van der Waals surface area (Å²) in [6.45, 7) is 0. The Morgan fingerprint density at radius 1 is 0.477 bits per heavy atom. The quantitative estimate of drug-likeness (QED) is 0.203. The number of rotatable bonds is 4. The molecule has 0 atom stereocenters. The van der Waals surface area contributed by atoms with Crippen LogP contribution in [0.1, 0.15) is 0 Å². The van der Waals surface area contributed by atoms with E-state index in [1.165, 1.54) is 64.2 Å². The van der Waals surface area contributed by atoms with Crippen molar-refractivity contribution in [1.29, 1.82) is 0 Å². The van der Waals surface area contributed by atoms with Crippen molar-refractivity contribution >= 4 is 53.3 Å². The number of hydrogen-bond donors (Lipinski definition) is 0. The van der Waals surface area contributed by atoms with E-state index in [0.29, 0.717) is 0 Å². The highest BCUT2D eigenvalue weighted by atomic mass is 32.1. The van der Waals surface area contributed by atoms with E-state index in [1.54, 1.807) is 0 Å². The SMILES string of the molecule is c1ccc(-c2ccc(-c3ccc4c5c6sc7ccccc7c6ccc5n(-c5ccccc5)c4c3)c(-c3ccccn3)c2)cc1. The summed E-state index contributed by atoms with van der Waals surface area (Å²) in [5.41, 5.74) is 10.4. The van der Waals surface area contributed by atoms with Crippen molar-refractivity contribution < 1.29 is 0 Å². The molecular weight excluding hydrogens is 553 g/mol. The van der Waals surface area contributed by atoms with Crippen LogP contribution in [0.2, 0.25) is 0 Å². The Labute approximate surface area is 259 Å². The molecule has 3 aromatic heterocycles. The van der Waals surface area contributed by atoms with Gasteiger partial charge in [-0.2, -0.15) is 0 Å². The maximum absolute atomic E-state index is 4.78. The minimum Gasteiger partial charge on any atom is -0.309 e. The average molecular weight is 579 g/mol. The number of hydrogen-bond acceptors (Lipinski definition) is 2. The lowest BCUT2D eigenvalue weighted by atomic mass is 9.92. The molecule has 0 fully saturated rings. The van der Waals surface area contributed by atoms with Crippen molar-refractivity contribution in [3.8, 4) is 39.2 Å². The molecule has 3 heteroatoms. The lowest BCUT2D eigenvalue weighted by molar-refractivity contribution is 1.18. The van der Waals surface area contributed by atoms with Crippen LogP contribution in [0.5, 0.6) is 0 Å². The van der Waals surface area contributed by atoms with Gasteiger partial charge < -0.3 is 4.57 Å². The van der Waals surface area contributed by atoms with E-state index >= 15 is 0 Å². The third kappa shape index (κ3) is 3.90. The summed E-state index contributed by atoms with van der Waals surface area (Å²) in [5, 5.41) is 5.23. The van der Waals surface area contributed by atoms with Crippen LogP contribution in [-0.4, -0.2) is 9.55 Å². The highest BCUT2D eigenvalue weighted by molar-refractivity contribution is 7.26. The molecule has 3 heterocycles. The van der Waals surface area contributed by atoms with Gasteiger partial charge in [0.15, 0.2) is 0 Å². The van der Waals surface area contributed by atoms with Crippen molar-refractivity contribution in [1.82, 2.24) is 9.55 Å². The van der Waals surface area contributed by atoms with E-state index in [9.17, 15) is 0 Å². The molecule has 206 valence electrons. The van der Waals surface area contributed by atoms with Crippen LogP contribution >= 0.6 is 11.3 Å². The number of thiophene rings is 1. The van der Waals surface area contributed by atoms with E-state index < -0.39 is 0 Å². The third-order valence-electron chi connectivity index (χ3n) is 8.67. The zero-order valence-corrected chi connectivity index (χ0v) is 24.6. The third-order valence-corrected chi connectivity index (χ3v) is 9.87. The summed E-state index contributed by atoms with van der Waals surface area (Å²) in [6.07, 6.45) is 1.88. The molecule has 0 saturated heterocycles. The lowest BCUT2D eigenvalue weighted by Crippen LogP contribution is -1.94. The molecule has 0 unspecified atom stereocenters. The van der Waals surface area contributed by atoms with Gasteiger partial charge in [-0.3, -0.25) is 4.98 Å².